The number of benzene rings is 1. The lowest BCUT2D eigenvalue weighted by Crippen LogP contribution is -2.04. The molecule has 0 aliphatic carbocycles. The fourth-order valence-corrected chi connectivity index (χ4v) is 2.32. The van der Waals surface area contributed by atoms with Gasteiger partial charge in [-0.1, -0.05) is 24.3 Å². The van der Waals surface area contributed by atoms with Gasteiger partial charge in [-0.2, -0.15) is 0 Å². The summed E-state index contributed by atoms with van der Waals surface area (Å²) < 4.78 is 5.24. The van der Waals surface area contributed by atoms with Crippen molar-refractivity contribution in [2.75, 3.05) is 18.5 Å². The molecule has 1 aromatic carbocycles. The monoisotopic (exact) mass is 321 g/mol. The second-order valence-electron chi connectivity index (χ2n) is 5.25. The summed E-state index contributed by atoms with van der Waals surface area (Å²) in [6.07, 6.45) is 5.36. The molecule has 122 valence electrons. The van der Waals surface area contributed by atoms with E-state index in [2.05, 4.69) is 39.6 Å². The molecular formula is C19H19N3O2. The number of aliphatic hydroxyl groups excluding tert-OH is 1. The molecule has 0 fully saturated rings. The molecule has 2 heterocycles. The normalized spacial score (nSPS) is 10.4. The SMILES string of the molecule is OCCOc1ccc(NCc2cccc(-c3cccnc3)c2)cn1. The van der Waals surface area contributed by atoms with Crippen LogP contribution >= 0.6 is 0 Å². The summed E-state index contributed by atoms with van der Waals surface area (Å²) in [6.45, 7) is 0.933. The maximum atomic E-state index is 8.73. The summed E-state index contributed by atoms with van der Waals surface area (Å²) in [7, 11) is 0. The number of pyridine rings is 2. The third-order valence-corrected chi connectivity index (χ3v) is 3.50. The van der Waals surface area contributed by atoms with E-state index < -0.39 is 0 Å². The number of nitrogens with one attached hydrogen (secondary N) is 1. The van der Waals surface area contributed by atoms with Gasteiger partial charge >= 0.3 is 0 Å². The Hall–Kier alpha value is -2.92. The topological polar surface area (TPSA) is 67.3 Å². The highest BCUT2D eigenvalue weighted by Gasteiger charge is 2.01. The molecular weight excluding hydrogens is 302 g/mol. The van der Waals surface area contributed by atoms with Crippen LogP contribution < -0.4 is 10.1 Å². The van der Waals surface area contributed by atoms with Gasteiger partial charge in [-0.25, -0.2) is 4.98 Å². The number of anilines is 1. The Morgan fingerprint density at radius 3 is 2.67 bits per heavy atom. The van der Waals surface area contributed by atoms with E-state index in [0.717, 1.165) is 16.8 Å². The van der Waals surface area contributed by atoms with E-state index >= 15 is 0 Å². The van der Waals surface area contributed by atoms with Crippen molar-refractivity contribution in [3.05, 3.63) is 72.7 Å². The highest BCUT2D eigenvalue weighted by molar-refractivity contribution is 5.63. The lowest BCUT2D eigenvalue weighted by molar-refractivity contribution is 0.196. The molecule has 0 saturated carbocycles. The van der Waals surface area contributed by atoms with Crippen LogP contribution in [0.4, 0.5) is 5.69 Å². The first-order valence-electron chi connectivity index (χ1n) is 7.78. The lowest BCUT2D eigenvalue weighted by Gasteiger charge is -2.09. The maximum Gasteiger partial charge on any atom is 0.213 e. The van der Waals surface area contributed by atoms with E-state index in [0.29, 0.717) is 12.4 Å². The van der Waals surface area contributed by atoms with Crippen LogP contribution in [0.3, 0.4) is 0 Å². The Morgan fingerprint density at radius 2 is 1.92 bits per heavy atom. The van der Waals surface area contributed by atoms with Crippen molar-refractivity contribution in [1.29, 1.82) is 0 Å². The van der Waals surface area contributed by atoms with Gasteiger partial charge in [0.15, 0.2) is 0 Å². The molecule has 5 heteroatoms. The Balaban J connectivity index is 1.62. The van der Waals surface area contributed by atoms with Crippen LogP contribution in [0.5, 0.6) is 5.88 Å². The van der Waals surface area contributed by atoms with Crippen molar-refractivity contribution in [2.45, 2.75) is 6.54 Å². The number of hydrogen-bond donors (Lipinski definition) is 2. The van der Waals surface area contributed by atoms with Crippen molar-refractivity contribution in [2.24, 2.45) is 0 Å². The minimum atomic E-state index is -0.0189. The molecule has 0 bridgehead atoms. The quantitative estimate of drug-likeness (QED) is 0.700. The minimum absolute atomic E-state index is 0.0189. The molecule has 2 aromatic heterocycles. The van der Waals surface area contributed by atoms with E-state index in [1.807, 2.05) is 24.4 Å². The Morgan fingerprint density at radius 1 is 1.00 bits per heavy atom. The van der Waals surface area contributed by atoms with Gasteiger partial charge in [-0.05, 0) is 34.9 Å². The number of ether oxygens (including phenoxy) is 1. The zero-order valence-corrected chi connectivity index (χ0v) is 13.2. The van der Waals surface area contributed by atoms with Gasteiger partial charge in [0.05, 0.1) is 18.5 Å². The summed E-state index contributed by atoms with van der Waals surface area (Å²) in [6, 6.07) is 16.0. The largest absolute Gasteiger partial charge is 0.475 e. The second-order valence-corrected chi connectivity index (χ2v) is 5.25. The third-order valence-electron chi connectivity index (χ3n) is 3.50. The molecule has 2 N–H and O–H groups in total. The standard InChI is InChI=1S/C19H19N3O2/c23-9-10-24-19-7-6-18(14-22-19)21-12-15-3-1-4-16(11-15)17-5-2-8-20-13-17/h1-8,11,13-14,21,23H,9-10,12H2. The van der Waals surface area contributed by atoms with E-state index in [4.69, 9.17) is 9.84 Å². The second kappa shape index (κ2) is 8.08. The van der Waals surface area contributed by atoms with E-state index in [1.54, 1.807) is 18.5 Å². The van der Waals surface area contributed by atoms with Crippen molar-refractivity contribution in [3.63, 3.8) is 0 Å². The zero-order valence-electron chi connectivity index (χ0n) is 13.2. The van der Waals surface area contributed by atoms with Gasteiger partial charge in [0, 0.05) is 25.0 Å². The summed E-state index contributed by atoms with van der Waals surface area (Å²) in [5.41, 5.74) is 4.34. The zero-order chi connectivity index (χ0) is 16.6. The predicted molar refractivity (Wildman–Crippen MR) is 93.8 cm³/mol. The van der Waals surface area contributed by atoms with E-state index in [1.165, 1.54) is 5.56 Å². The summed E-state index contributed by atoms with van der Waals surface area (Å²) in [5, 5.41) is 12.1. The van der Waals surface area contributed by atoms with Crippen LogP contribution in [-0.4, -0.2) is 28.3 Å². The molecule has 3 rings (SSSR count). The Bertz CT molecular complexity index is 761. The number of rotatable bonds is 7. The summed E-state index contributed by atoms with van der Waals surface area (Å²) in [5.74, 6) is 0.508. The van der Waals surface area contributed by atoms with Gasteiger partial charge in [0.1, 0.15) is 6.61 Å². The first-order valence-corrected chi connectivity index (χ1v) is 7.78. The van der Waals surface area contributed by atoms with Crippen LogP contribution in [0.1, 0.15) is 5.56 Å². The molecule has 0 saturated heterocycles. The van der Waals surface area contributed by atoms with Crippen LogP contribution in [0.15, 0.2) is 67.1 Å². The molecule has 3 aromatic rings. The van der Waals surface area contributed by atoms with Crippen LogP contribution in [0.25, 0.3) is 11.1 Å². The molecule has 0 amide bonds. The Labute approximate surface area is 141 Å². The fraction of sp³-hybridized carbons (Fsp3) is 0.158. The number of aliphatic hydroxyl groups is 1. The van der Waals surface area contributed by atoms with Crippen LogP contribution in [0, 0.1) is 0 Å². The Kier molecular flexibility index (Phi) is 5.37. The average molecular weight is 321 g/mol. The molecule has 0 spiro atoms. The fourth-order valence-electron chi connectivity index (χ4n) is 2.32. The average Bonchev–Trinajstić information content (AvgIpc) is 2.66. The highest BCUT2D eigenvalue weighted by atomic mass is 16.5. The molecule has 0 aliphatic heterocycles. The molecule has 0 aliphatic rings. The van der Waals surface area contributed by atoms with Crippen LogP contribution in [-0.2, 0) is 6.54 Å². The molecule has 5 nitrogen and oxygen atoms in total. The number of hydrogen-bond acceptors (Lipinski definition) is 5. The van der Waals surface area contributed by atoms with E-state index in [9.17, 15) is 0 Å². The molecule has 24 heavy (non-hydrogen) atoms. The first-order chi connectivity index (χ1) is 11.8. The van der Waals surface area contributed by atoms with Crippen molar-refractivity contribution < 1.29 is 9.84 Å². The molecule has 0 radical (unpaired) electrons. The molecule has 0 atom stereocenters. The summed E-state index contributed by atoms with van der Waals surface area (Å²) in [4.78, 5) is 8.35. The maximum absolute atomic E-state index is 8.73. The van der Waals surface area contributed by atoms with Crippen molar-refractivity contribution in [3.8, 4) is 17.0 Å². The van der Waals surface area contributed by atoms with Crippen LogP contribution in [0.2, 0.25) is 0 Å². The van der Waals surface area contributed by atoms with Gasteiger partial charge in [-0.3, -0.25) is 4.98 Å². The van der Waals surface area contributed by atoms with Gasteiger partial charge < -0.3 is 15.2 Å². The molecule has 0 unspecified atom stereocenters. The first kappa shape index (κ1) is 16.0. The van der Waals surface area contributed by atoms with Crippen molar-refractivity contribution in [1.82, 2.24) is 9.97 Å². The van der Waals surface area contributed by atoms with E-state index in [-0.39, 0.29) is 13.2 Å². The summed E-state index contributed by atoms with van der Waals surface area (Å²) >= 11 is 0. The predicted octanol–water partition coefficient (Wildman–Crippen LogP) is 3.13. The minimum Gasteiger partial charge on any atom is -0.475 e. The number of aromatic nitrogens is 2. The van der Waals surface area contributed by atoms with Crippen molar-refractivity contribution >= 4 is 5.69 Å². The van der Waals surface area contributed by atoms with Gasteiger partial charge in [0.2, 0.25) is 5.88 Å². The van der Waals surface area contributed by atoms with Gasteiger partial charge in [0.25, 0.3) is 0 Å². The number of nitrogens with zero attached hydrogens (tertiary/aromatic N) is 2. The smallest absolute Gasteiger partial charge is 0.213 e. The van der Waals surface area contributed by atoms with Gasteiger partial charge in [-0.15, -0.1) is 0 Å². The highest BCUT2D eigenvalue weighted by Crippen LogP contribution is 2.20. The lowest BCUT2D eigenvalue weighted by atomic mass is 10.0. The third kappa shape index (κ3) is 4.30.